The highest BCUT2D eigenvalue weighted by Gasteiger charge is 2.33. The minimum absolute atomic E-state index is 0.101. The van der Waals surface area contributed by atoms with E-state index >= 15 is 0 Å². The molecule has 4 rings (SSSR count). The maximum Gasteiger partial charge on any atom is 0.230 e. The third-order valence-corrected chi connectivity index (χ3v) is 5.87. The highest BCUT2D eigenvalue weighted by molar-refractivity contribution is 7.92. The number of fused-ring (bicyclic) bond motifs is 3. The zero-order chi connectivity index (χ0) is 16.9. The van der Waals surface area contributed by atoms with E-state index < -0.39 is 9.84 Å². The number of nitrogens with zero attached hydrogens (tertiary/aromatic N) is 2. The van der Waals surface area contributed by atoms with Crippen LogP contribution in [0.3, 0.4) is 0 Å². The number of rotatable bonds is 2. The number of aromatic nitrogens is 2. The lowest BCUT2D eigenvalue weighted by atomic mass is 10.0. The molecule has 3 aromatic rings. The molecule has 118 valence electrons. The van der Waals surface area contributed by atoms with Crippen LogP contribution in [0.1, 0.15) is 21.9 Å². The molecule has 0 radical (unpaired) electrons. The van der Waals surface area contributed by atoms with Crippen molar-refractivity contribution in [2.24, 2.45) is 0 Å². The third-order valence-electron chi connectivity index (χ3n) is 4.00. The first-order valence-electron chi connectivity index (χ1n) is 7.31. The van der Waals surface area contributed by atoms with Gasteiger partial charge in [0.15, 0.2) is 0 Å². The standard InChI is InChI=1S/C18H12N2O3S/c1-11-8-9-19-18(20-11)17(21)12-6-7-16-14(10-12)13-4-2-3-5-15(13)24(16,22)23/h2-10H,1H3. The Morgan fingerprint density at radius 1 is 0.958 bits per heavy atom. The molecule has 0 saturated heterocycles. The van der Waals surface area contributed by atoms with Crippen LogP contribution >= 0.6 is 0 Å². The zero-order valence-corrected chi connectivity index (χ0v) is 13.5. The van der Waals surface area contributed by atoms with Gasteiger partial charge < -0.3 is 0 Å². The fourth-order valence-corrected chi connectivity index (χ4v) is 4.51. The fourth-order valence-electron chi connectivity index (χ4n) is 2.85. The Kier molecular flexibility index (Phi) is 3.11. The van der Waals surface area contributed by atoms with E-state index in [-0.39, 0.29) is 21.4 Å². The Balaban J connectivity index is 1.88. The topological polar surface area (TPSA) is 77.0 Å². The maximum absolute atomic E-state index is 12.6. The molecule has 0 N–H and O–H groups in total. The SMILES string of the molecule is Cc1ccnc(C(=O)c2ccc3c(c2)-c2ccccc2S3(=O)=O)n1. The Morgan fingerprint density at radius 2 is 1.71 bits per heavy atom. The number of sulfone groups is 1. The van der Waals surface area contributed by atoms with Gasteiger partial charge in [-0.25, -0.2) is 18.4 Å². The molecule has 2 aromatic carbocycles. The van der Waals surface area contributed by atoms with Crippen molar-refractivity contribution in [3.8, 4) is 11.1 Å². The molecule has 0 aliphatic carbocycles. The molecule has 5 nitrogen and oxygen atoms in total. The molecule has 1 aliphatic rings. The van der Waals surface area contributed by atoms with Gasteiger partial charge in [-0.15, -0.1) is 0 Å². The van der Waals surface area contributed by atoms with Crippen LogP contribution in [0.15, 0.2) is 64.5 Å². The lowest BCUT2D eigenvalue weighted by molar-refractivity contribution is 0.102. The monoisotopic (exact) mass is 336 g/mol. The van der Waals surface area contributed by atoms with Crippen molar-refractivity contribution in [3.63, 3.8) is 0 Å². The first-order chi connectivity index (χ1) is 11.5. The summed E-state index contributed by atoms with van der Waals surface area (Å²) in [5, 5.41) is 0. The van der Waals surface area contributed by atoms with Crippen LogP contribution in [0.4, 0.5) is 0 Å². The molecular weight excluding hydrogens is 324 g/mol. The zero-order valence-electron chi connectivity index (χ0n) is 12.7. The van der Waals surface area contributed by atoms with Crippen LogP contribution < -0.4 is 0 Å². The number of carbonyl (C=O) groups excluding carboxylic acids is 1. The van der Waals surface area contributed by atoms with Crippen LogP contribution in [-0.2, 0) is 9.84 Å². The molecule has 0 spiro atoms. The smallest absolute Gasteiger partial charge is 0.230 e. The van der Waals surface area contributed by atoms with Gasteiger partial charge in [-0.2, -0.15) is 0 Å². The van der Waals surface area contributed by atoms with E-state index in [1.165, 1.54) is 18.3 Å². The summed E-state index contributed by atoms with van der Waals surface area (Å²) in [5.74, 6) is -0.229. The summed E-state index contributed by atoms with van der Waals surface area (Å²) in [6, 6.07) is 13.1. The molecule has 0 atom stereocenters. The van der Waals surface area contributed by atoms with Gasteiger partial charge in [-0.3, -0.25) is 4.79 Å². The van der Waals surface area contributed by atoms with Gasteiger partial charge in [0.25, 0.3) is 0 Å². The Hall–Kier alpha value is -2.86. The third kappa shape index (κ3) is 2.07. The second-order valence-electron chi connectivity index (χ2n) is 5.56. The number of benzene rings is 2. The highest BCUT2D eigenvalue weighted by Crippen LogP contribution is 2.43. The molecular formula is C18H12N2O3S. The fraction of sp³-hybridized carbons (Fsp3) is 0.0556. The molecule has 6 heteroatoms. The van der Waals surface area contributed by atoms with Crippen LogP contribution in [0.25, 0.3) is 11.1 Å². The van der Waals surface area contributed by atoms with E-state index in [2.05, 4.69) is 9.97 Å². The number of hydrogen-bond donors (Lipinski definition) is 0. The summed E-state index contributed by atoms with van der Waals surface area (Å²) in [5.41, 5.74) is 2.23. The minimum Gasteiger partial charge on any atom is -0.285 e. The van der Waals surface area contributed by atoms with Crippen LogP contribution in [0.2, 0.25) is 0 Å². The Bertz CT molecular complexity index is 1100. The van der Waals surface area contributed by atoms with Crippen LogP contribution in [0, 0.1) is 6.92 Å². The molecule has 0 unspecified atom stereocenters. The highest BCUT2D eigenvalue weighted by atomic mass is 32.2. The molecule has 1 aliphatic heterocycles. The lowest BCUT2D eigenvalue weighted by Crippen LogP contribution is -2.08. The summed E-state index contributed by atoms with van der Waals surface area (Å²) >= 11 is 0. The van der Waals surface area contributed by atoms with Gasteiger partial charge in [-0.1, -0.05) is 18.2 Å². The van der Waals surface area contributed by atoms with Crippen LogP contribution in [-0.4, -0.2) is 24.2 Å². The van der Waals surface area contributed by atoms with Gasteiger partial charge in [0.2, 0.25) is 21.4 Å². The maximum atomic E-state index is 12.6. The van der Waals surface area contributed by atoms with Crippen molar-refractivity contribution < 1.29 is 13.2 Å². The van der Waals surface area contributed by atoms with E-state index in [0.717, 1.165) is 0 Å². The molecule has 0 fully saturated rings. The van der Waals surface area contributed by atoms with Gasteiger partial charge in [0.05, 0.1) is 9.79 Å². The first kappa shape index (κ1) is 14.7. The van der Waals surface area contributed by atoms with E-state index in [1.54, 1.807) is 43.3 Å². The number of hydrogen-bond acceptors (Lipinski definition) is 5. The summed E-state index contributed by atoms with van der Waals surface area (Å²) in [6.07, 6.45) is 1.53. The van der Waals surface area contributed by atoms with Gasteiger partial charge in [0, 0.05) is 28.6 Å². The second kappa shape index (κ2) is 5.07. The predicted molar refractivity (Wildman–Crippen MR) is 87.5 cm³/mol. The minimum atomic E-state index is -3.52. The van der Waals surface area contributed by atoms with E-state index in [9.17, 15) is 13.2 Å². The quantitative estimate of drug-likeness (QED) is 0.526. The van der Waals surface area contributed by atoms with Crippen LogP contribution in [0.5, 0.6) is 0 Å². The van der Waals surface area contributed by atoms with Crippen molar-refractivity contribution in [3.05, 3.63) is 71.8 Å². The average Bonchev–Trinajstić information content (AvgIpc) is 2.82. The Morgan fingerprint density at radius 3 is 2.50 bits per heavy atom. The molecule has 1 aromatic heterocycles. The average molecular weight is 336 g/mol. The van der Waals surface area contributed by atoms with Crippen molar-refractivity contribution >= 4 is 15.6 Å². The van der Waals surface area contributed by atoms with E-state index in [4.69, 9.17) is 0 Å². The van der Waals surface area contributed by atoms with Gasteiger partial charge in [-0.05, 0) is 37.3 Å². The van der Waals surface area contributed by atoms with E-state index in [1.807, 2.05) is 0 Å². The predicted octanol–water partition coefficient (Wildman–Crippen LogP) is 2.83. The van der Waals surface area contributed by atoms with Crippen molar-refractivity contribution in [1.82, 2.24) is 9.97 Å². The second-order valence-corrected chi connectivity index (χ2v) is 7.45. The van der Waals surface area contributed by atoms with Gasteiger partial charge in [0.1, 0.15) is 0 Å². The Labute approximate surface area is 138 Å². The number of carbonyl (C=O) groups is 1. The largest absolute Gasteiger partial charge is 0.285 e. The van der Waals surface area contributed by atoms with Gasteiger partial charge >= 0.3 is 0 Å². The normalized spacial score (nSPS) is 14.0. The van der Waals surface area contributed by atoms with Crippen molar-refractivity contribution in [2.75, 3.05) is 0 Å². The molecule has 24 heavy (non-hydrogen) atoms. The van der Waals surface area contributed by atoms with Crippen molar-refractivity contribution in [2.45, 2.75) is 16.7 Å². The summed E-state index contributed by atoms with van der Waals surface area (Å²) < 4.78 is 25.1. The summed E-state index contributed by atoms with van der Waals surface area (Å²) in [4.78, 5) is 21.2. The van der Waals surface area contributed by atoms with Crippen molar-refractivity contribution in [1.29, 1.82) is 0 Å². The number of aryl methyl sites for hydroxylation is 1. The van der Waals surface area contributed by atoms with E-state index in [0.29, 0.717) is 22.4 Å². The lowest BCUT2D eigenvalue weighted by Gasteiger charge is -2.04. The molecule has 0 amide bonds. The summed E-state index contributed by atoms with van der Waals surface area (Å²) in [7, 11) is -3.52. The molecule has 2 heterocycles. The number of ketones is 1. The molecule has 0 bridgehead atoms. The summed E-state index contributed by atoms with van der Waals surface area (Å²) in [6.45, 7) is 1.78. The first-order valence-corrected chi connectivity index (χ1v) is 8.80. The molecule has 0 saturated carbocycles.